The second-order valence-electron chi connectivity index (χ2n) is 4.85. The Hall–Kier alpha value is -1.95. The molecular weight excluding hydrogens is 325 g/mol. The van der Waals surface area contributed by atoms with Gasteiger partial charge in [0, 0.05) is 12.3 Å². The van der Waals surface area contributed by atoms with Gasteiger partial charge in [-0.1, -0.05) is 0 Å². The van der Waals surface area contributed by atoms with Crippen molar-refractivity contribution in [3.05, 3.63) is 38.7 Å². The number of aliphatic hydroxyl groups is 3. The molecular formula is C12H13F3N2O6. The van der Waals surface area contributed by atoms with Crippen molar-refractivity contribution in [2.24, 2.45) is 0 Å². The van der Waals surface area contributed by atoms with Gasteiger partial charge in [0.15, 0.2) is 6.23 Å². The average Bonchev–Trinajstić information content (AvgIpc) is 2.73. The highest BCUT2D eigenvalue weighted by Crippen LogP contribution is 2.28. The summed E-state index contributed by atoms with van der Waals surface area (Å²) in [5.74, 6) is 0. The zero-order valence-corrected chi connectivity index (χ0v) is 11.4. The fraction of sp³-hybridized carbons (Fsp3) is 0.500. The molecule has 0 amide bonds. The number of aromatic nitrogens is 2. The quantitative estimate of drug-likeness (QED) is 0.544. The summed E-state index contributed by atoms with van der Waals surface area (Å²) in [5, 5.41) is 28.4. The van der Waals surface area contributed by atoms with Crippen molar-refractivity contribution >= 4 is 6.08 Å². The van der Waals surface area contributed by atoms with Crippen LogP contribution in [-0.2, 0) is 4.74 Å². The molecule has 2 rings (SSSR count). The topological polar surface area (TPSA) is 125 Å². The Morgan fingerprint density at radius 3 is 2.48 bits per heavy atom. The van der Waals surface area contributed by atoms with E-state index in [1.54, 1.807) is 4.98 Å². The summed E-state index contributed by atoms with van der Waals surface area (Å²) in [6, 6.07) is 0. The first kappa shape index (κ1) is 17.4. The lowest BCUT2D eigenvalue weighted by molar-refractivity contribution is -0.0790. The molecule has 23 heavy (non-hydrogen) atoms. The third-order valence-corrected chi connectivity index (χ3v) is 3.24. The first-order chi connectivity index (χ1) is 10.6. The first-order valence-electron chi connectivity index (χ1n) is 6.38. The number of allylic oxidation sites excluding steroid dienone is 1. The van der Waals surface area contributed by atoms with Crippen molar-refractivity contribution in [3.8, 4) is 0 Å². The van der Waals surface area contributed by atoms with Gasteiger partial charge in [0.05, 0.1) is 12.2 Å². The molecule has 0 radical (unpaired) electrons. The third kappa shape index (κ3) is 3.69. The Labute approximate surface area is 126 Å². The molecule has 2 heterocycles. The van der Waals surface area contributed by atoms with Gasteiger partial charge < -0.3 is 20.1 Å². The van der Waals surface area contributed by atoms with Gasteiger partial charge in [0.2, 0.25) is 0 Å². The molecule has 1 saturated heterocycles. The molecule has 4 N–H and O–H groups in total. The number of hydrogen-bond acceptors (Lipinski definition) is 6. The van der Waals surface area contributed by atoms with Gasteiger partial charge in [-0.2, -0.15) is 13.2 Å². The van der Waals surface area contributed by atoms with Crippen LogP contribution >= 0.6 is 0 Å². The van der Waals surface area contributed by atoms with Crippen LogP contribution in [0, 0.1) is 0 Å². The zero-order chi connectivity index (χ0) is 17.4. The Morgan fingerprint density at radius 2 is 1.96 bits per heavy atom. The number of halogens is 3. The van der Waals surface area contributed by atoms with Gasteiger partial charge in [0.1, 0.15) is 18.3 Å². The molecule has 1 aliphatic heterocycles. The molecule has 2 unspecified atom stereocenters. The minimum absolute atomic E-state index is 0.191. The number of nitrogens with zero attached hydrogens (tertiary/aromatic N) is 1. The molecule has 1 aromatic heterocycles. The second-order valence-corrected chi connectivity index (χ2v) is 4.85. The van der Waals surface area contributed by atoms with E-state index >= 15 is 0 Å². The Morgan fingerprint density at radius 1 is 1.30 bits per heavy atom. The lowest BCUT2D eigenvalue weighted by Crippen LogP contribution is -2.38. The fourth-order valence-corrected chi connectivity index (χ4v) is 2.10. The number of alkyl halides is 3. The normalized spacial score (nSPS) is 28.6. The summed E-state index contributed by atoms with van der Waals surface area (Å²) in [5.41, 5.74) is -2.60. The van der Waals surface area contributed by atoms with Crippen molar-refractivity contribution in [1.29, 1.82) is 0 Å². The van der Waals surface area contributed by atoms with Crippen molar-refractivity contribution < 1.29 is 33.2 Å². The van der Waals surface area contributed by atoms with Crippen LogP contribution in [0.4, 0.5) is 13.2 Å². The van der Waals surface area contributed by atoms with Gasteiger partial charge >= 0.3 is 11.9 Å². The molecule has 0 aromatic carbocycles. The number of aromatic amines is 1. The molecule has 128 valence electrons. The maximum atomic E-state index is 12.2. The molecule has 1 aliphatic rings. The molecule has 4 atom stereocenters. The van der Waals surface area contributed by atoms with Crippen LogP contribution in [0.25, 0.3) is 6.08 Å². The van der Waals surface area contributed by atoms with E-state index in [9.17, 15) is 33.0 Å². The van der Waals surface area contributed by atoms with Crippen molar-refractivity contribution in [2.75, 3.05) is 6.61 Å². The predicted molar refractivity (Wildman–Crippen MR) is 69.4 cm³/mol. The standard InChI is InChI=1S/C12H13F3N2O6/c13-12(14,15)2-1-5-3-17(11(22)16-9(5)21)10-8(20)7(19)6(4-18)23-10/h1-3,6-8,10,18-20H,4H2,(H,16,21,22)/t6-,7?,8?,10-/m0/s1. The maximum absolute atomic E-state index is 12.2. The van der Waals surface area contributed by atoms with Crippen LogP contribution in [0.5, 0.6) is 0 Å². The highest BCUT2D eigenvalue weighted by Gasteiger charge is 2.43. The van der Waals surface area contributed by atoms with E-state index in [4.69, 9.17) is 9.84 Å². The van der Waals surface area contributed by atoms with Crippen molar-refractivity contribution in [1.82, 2.24) is 9.55 Å². The summed E-state index contributed by atoms with van der Waals surface area (Å²) >= 11 is 0. The van der Waals surface area contributed by atoms with Crippen LogP contribution < -0.4 is 11.2 Å². The third-order valence-electron chi connectivity index (χ3n) is 3.24. The predicted octanol–water partition coefficient (Wildman–Crippen LogP) is -1.28. The maximum Gasteiger partial charge on any atom is 0.409 e. The Bertz CT molecular complexity index is 710. The summed E-state index contributed by atoms with van der Waals surface area (Å²) in [7, 11) is 0. The molecule has 1 fully saturated rings. The number of H-pyrrole nitrogens is 1. The van der Waals surface area contributed by atoms with Crippen LogP contribution in [0.1, 0.15) is 11.8 Å². The highest BCUT2D eigenvalue weighted by molar-refractivity contribution is 5.47. The lowest BCUT2D eigenvalue weighted by atomic mass is 10.1. The number of nitrogens with one attached hydrogen (secondary N) is 1. The molecule has 0 bridgehead atoms. The minimum Gasteiger partial charge on any atom is -0.394 e. The zero-order valence-electron chi connectivity index (χ0n) is 11.4. The average molecular weight is 338 g/mol. The summed E-state index contributed by atoms with van der Waals surface area (Å²) in [6.45, 7) is -0.645. The number of hydrogen-bond donors (Lipinski definition) is 4. The van der Waals surface area contributed by atoms with E-state index in [2.05, 4.69) is 0 Å². The first-order valence-corrected chi connectivity index (χ1v) is 6.38. The summed E-state index contributed by atoms with van der Waals surface area (Å²) in [6.07, 6.45) is -9.39. The van der Waals surface area contributed by atoms with E-state index in [-0.39, 0.29) is 6.08 Å². The van der Waals surface area contributed by atoms with Crippen LogP contribution in [0.15, 0.2) is 21.9 Å². The van der Waals surface area contributed by atoms with E-state index in [0.29, 0.717) is 10.6 Å². The lowest BCUT2D eigenvalue weighted by Gasteiger charge is -2.17. The van der Waals surface area contributed by atoms with E-state index in [0.717, 1.165) is 6.20 Å². The van der Waals surface area contributed by atoms with Gasteiger partial charge in [-0.25, -0.2) is 4.79 Å². The second kappa shape index (κ2) is 6.28. The highest BCUT2D eigenvalue weighted by atomic mass is 19.4. The van der Waals surface area contributed by atoms with E-state index < -0.39 is 54.1 Å². The summed E-state index contributed by atoms with van der Waals surface area (Å²) < 4.78 is 42.2. The molecule has 8 nitrogen and oxygen atoms in total. The number of aliphatic hydroxyl groups excluding tert-OH is 3. The van der Waals surface area contributed by atoms with Gasteiger partial charge in [0.25, 0.3) is 5.56 Å². The SMILES string of the molecule is O=c1[nH]c(=O)n([C@H]2O[C@@H](CO)C(O)C2O)cc1C=CC(F)(F)F. The summed E-state index contributed by atoms with van der Waals surface area (Å²) in [4.78, 5) is 25.1. The Balaban J connectivity index is 2.42. The number of ether oxygens (including phenoxy) is 1. The molecule has 1 aromatic rings. The van der Waals surface area contributed by atoms with Crippen molar-refractivity contribution in [3.63, 3.8) is 0 Å². The number of rotatable bonds is 3. The van der Waals surface area contributed by atoms with E-state index in [1.807, 2.05) is 0 Å². The largest absolute Gasteiger partial charge is 0.409 e. The molecule has 0 spiro atoms. The van der Waals surface area contributed by atoms with Crippen molar-refractivity contribution in [2.45, 2.75) is 30.7 Å². The van der Waals surface area contributed by atoms with Gasteiger partial charge in [-0.15, -0.1) is 0 Å². The smallest absolute Gasteiger partial charge is 0.394 e. The van der Waals surface area contributed by atoms with Crippen LogP contribution in [0.3, 0.4) is 0 Å². The minimum atomic E-state index is -4.66. The molecule has 11 heteroatoms. The van der Waals surface area contributed by atoms with Crippen LogP contribution in [0.2, 0.25) is 0 Å². The molecule has 0 aliphatic carbocycles. The Kier molecular flexibility index (Phi) is 4.75. The van der Waals surface area contributed by atoms with Crippen LogP contribution in [-0.4, -0.2) is 56.0 Å². The van der Waals surface area contributed by atoms with Gasteiger partial charge in [-0.05, 0) is 6.08 Å². The monoisotopic (exact) mass is 338 g/mol. The van der Waals surface area contributed by atoms with E-state index in [1.165, 1.54) is 0 Å². The fourth-order valence-electron chi connectivity index (χ4n) is 2.10. The molecule has 0 saturated carbocycles. The van der Waals surface area contributed by atoms with Gasteiger partial charge in [-0.3, -0.25) is 14.3 Å².